The second-order valence-electron chi connectivity index (χ2n) is 11.1. The van der Waals surface area contributed by atoms with E-state index in [1.54, 1.807) is 0 Å². The molecule has 0 N–H and O–H groups in total. The Morgan fingerprint density at radius 1 is 0.525 bits per heavy atom. The van der Waals surface area contributed by atoms with E-state index in [4.69, 9.17) is 4.74 Å². The maximum Gasteiger partial charge on any atom is 0.288 e. The van der Waals surface area contributed by atoms with Gasteiger partial charge in [-0.25, -0.2) is 4.57 Å². The number of fused-ring (bicyclic) bond motifs is 9. The van der Waals surface area contributed by atoms with E-state index >= 15 is 0 Å². The van der Waals surface area contributed by atoms with Crippen LogP contribution in [0.25, 0.3) is 55.1 Å². The van der Waals surface area contributed by atoms with Crippen molar-refractivity contribution in [2.24, 2.45) is 0 Å². The van der Waals surface area contributed by atoms with Gasteiger partial charge in [0.25, 0.3) is 5.82 Å². The van der Waals surface area contributed by atoms with Gasteiger partial charge in [-0.2, -0.15) is 4.57 Å². The van der Waals surface area contributed by atoms with Crippen LogP contribution < -0.4 is 9.30 Å². The van der Waals surface area contributed by atoms with E-state index in [1.807, 2.05) is 0 Å². The van der Waals surface area contributed by atoms with E-state index in [0.29, 0.717) is 0 Å². The first-order valence-corrected chi connectivity index (χ1v) is 13.8. The molecular weight excluding hydrogens is 490 g/mol. The summed E-state index contributed by atoms with van der Waals surface area (Å²) >= 11 is 0. The Morgan fingerprint density at radius 2 is 1.23 bits per heavy atom. The lowest BCUT2D eigenvalue weighted by Crippen LogP contribution is -2.64. The first-order chi connectivity index (χ1) is 19.9. The summed E-state index contributed by atoms with van der Waals surface area (Å²) in [6, 6.07) is 41.9. The number of benzene rings is 5. The average molecular weight is 511 g/mol. The largest absolute Gasteiger partial charge is 0.456 e. The van der Waals surface area contributed by atoms with Gasteiger partial charge in [0.2, 0.25) is 5.54 Å². The van der Waals surface area contributed by atoms with E-state index in [1.165, 1.54) is 66.0 Å². The van der Waals surface area contributed by atoms with Crippen LogP contribution in [0, 0.1) is 0 Å². The van der Waals surface area contributed by atoms with E-state index in [0.717, 1.165) is 17.3 Å². The van der Waals surface area contributed by atoms with Crippen LogP contribution in [-0.2, 0) is 5.54 Å². The smallest absolute Gasteiger partial charge is 0.288 e. The summed E-state index contributed by atoms with van der Waals surface area (Å²) in [5.41, 5.74) is 9.22. The molecule has 4 nitrogen and oxygen atoms in total. The van der Waals surface area contributed by atoms with Crippen molar-refractivity contribution in [3.05, 3.63) is 138 Å². The van der Waals surface area contributed by atoms with Crippen LogP contribution in [0.3, 0.4) is 0 Å². The molecule has 3 aliphatic heterocycles. The standard InChI is InChI=1S/C36H20N3O/c1-3-13-26-21(9-1)23-11-7-12-25-34(23)38(26)28-15-8-16-29-32(28)36(25)33-30(40-29)19-18-24-22-10-2-4-14-27(22)39(35(24)33)31-17-5-6-20-37(31)36/h1-20H/q+1. The number of hydrogen-bond acceptors (Lipinski definition) is 1. The minimum Gasteiger partial charge on any atom is -0.456 e. The highest BCUT2D eigenvalue weighted by Crippen LogP contribution is 2.60. The quantitative estimate of drug-likeness (QED) is 0.191. The lowest BCUT2D eigenvalue weighted by molar-refractivity contribution is -0.730. The maximum absolute atomic E-state index is 6.86. The second-order valence-corrected chi connectivity index (χ2v) is 11.1. The number of pyridine rings is 1. The van der Waals surface area contributed by atoms with Crippen molar-refractivity contribution in [1.82, 2.24) is 9.13 Å². The molecule has 3 aromatic heterocycles. The van der Waals surface area contributed by atoms with Crippen LogP contribution >= 0.6 is 0 Å². The summed E-state index contributed by atoms with van der Waals surface area (Å²) < 4.78 is 14.3. The van der Waals surface area contributed by atoms with Crippen LogP contribution in [0.5, 0.6) is 11.5 Å². The Bertz CT molecular complexity index is 2480. The SMILES string of the molecule is c1cc2c3c(c1)-n1c4ccccc4c4cccc(c41)C31c3c(ccc4c5ccccc5n(c34)-c3cccc[n+]31)O2. The Kier molecular flexibility index (Phi) is 3.08. The third-order valence-electron chi connectivity index (χ3n) is 9.50. The molecular formula is C36H20N3O+. The zero-order valence-electron chi connectivity index (χ0n) is 21.3. The van der Waals surface area contributed by atoms with E-state index in [9.17, 15) is 0 Å². The molecule has 0 aliphatic carbocycles. The molecule has 0 saturated heterocycles. The van der Waals surface area contributed by atoms with Gasteiger partial charge < -0.3 is 9.30 Å². The molecule has 0 bridgehead atoms. The molecule has 3 aliphatic rings. The molecule has 1 spiro atoms. The van der Waals surface area contributed by atoms with Gasteiger partial charge in [0.15, 0.2) is 5.52 Å². The van der Waals surface area contributed by atoms with Crippen LogP contribution in [0.15, 0.2) is 121 Å². The average Bonchev–Trinajstić information content (AvgIpc) is 3.53. The molecule has 0 saturated carbocycles. The minimum atomic E-state index is -0.593. The van der Waals surface area contributed by atoms with Crippen LogP contribution in [-0.4, -0.2) is 9.13 Å². The van der Waals surface area contributed by atoms with Crippen molar-refractivity contribution >= 4 is 43.6 Å². The van der Waals surface area contributed by atoms with Gasteiger partial charge in [-0.05, 0) is 48.5 Å². The molecule has 184 valence electrons. The summed E-state index contributed by atoms with van der Waals surface area (Å²) in [5, 5.41) is 5.07. The van der Waals surface area contributed by atoms with Gasteiger partial charge in [0, 0.05) is 33.2 Å². The number of ether oxygens (including phenoxy) is 1. The Morgan fingerprint density at radius 3 is 2.10 bits per heavy atom. The number of hydrogen-bond donors (Lipinski definition) is 0. The zero-order chi connectivity index (χ0) is 25.7. The molecule has 1 unspecified atom stereocenters. The highest BCUT2D eigenvalue weighted by molar-refractivity contribution is 6.14. The first kappa shape index (κ1) is 19.7. The lowest BCUT2D eigenvalue weighted by Gasteiger charge is -2.44. The molecule has 1 atom stereocenters. The summed E-state index contributed by atoms with van der Waals surface area (Å²) in [7, 11) is 0. The third-order valence-corrected chi connectivity index (χ3v) is 9.50. The van der Waals surface area contributed by atoms with Crippen molar-refractivity contribution in [3.63, 3.8) is 0 Å². The van der Waals surface area contributed by atoms with Crippen molar-refractivity contribution in [2.45, 2.75) is 5.54 Å². The van der Waals surface area contributed by atoms with E-state index < -0.39 is 5.54 Å². The van der Waals surface area contributed by atoms with Gasteiger partial charge in [-0.1, -0.05) is 60.7 Å². The van der Waals surface area contributed by atoms with Gasteiger partial charge in [0.05, 0.1) is 34.0 Å². The second kappa shape index (κ2) is 6.27. The summed E-state index contributed by atoms with van der Waals surface area (Å²) in [6.45, 7) is 0. The van der Waals surface area contributed by atoms with Crippen molar-refractivity contribution < 1.29 is 9.30 Å². The minimum absolute atomic E-state index is 0.593. The molecule has 6 heterocycles. The lowest BCUT2D eigenvalue weighted by atomic mass is 9.70. The summed E-state index contributed by atoms with van der Waals surface area (Å²) in [5.74, 6) is 2.99. The van der Waals surface area contributed by atoms with E-state index in [-0.39, 0.29) is 0 Å². The molecule has 0 radical (unpaired) electrons. The fourth-order valence-electron chi connectivity index (χ4n) is 8.21. The normalized spacial score (nSPS) is 17.3. The van der Waals surface area contributed by atoms with E-state index in [2.05, 4.69) is 135 Å². The van der Waals surface area contributed by atoms with Gasteiger partial charge >= 0.3 is 0 Å². The molecule has 0 fully saturated rings. The van der Waals surface area contributed by atoms with Gasteiger partial charge in [-0.3, -0.25) is 0 Å². The topological polar surface area (TPSA) is 23.0 Å². The molecule has 40 heavy (non-hydrogen) atoms. The predicted molar refractivity (Wildman–Crippen MR) is 157 cm³/mol. The highest BCUT2D eigenvalue weighted by Gasteiger charge is 2.59. The number of rotatable bonds is 0. The third kappa shape index (κ3) is 1.86. The zero-order valence-corrected chi connectivity index (χ0v) is 21.3. The first-order valence-electron chi connectivity index (χ1n) is 13.8. The van der Waals surface area contributed by atoms with Crippen LogP contribution in [0.1, 0.15) is 16.7 Å². The fraction of sp³-hybridized carbons (Fsp3) is 0.0278. The monoisotopic (exact) mass is 510 g/mol. The Hall–Kier alpha value is -5.35. The van der Waals surface area contributed by atoms with Crippen LogP contribution in [0.4, 0.5) is 0 Å². The van der Waals surface area contributed by atoms with Crippen molar-refractivity contribution in [2.75, 3.05) is 0 Å². The molecule has 4 heteroatoms. The van der Waals surface area contributed by atoms with Crippen LogP contribution in [0.2, 0.25) is 0 Å². The highest BCUT2D eigenvalue weighted by atomic mass is 16.5. The predicted octanol–water partition coefficient (Wildman–Crippen LogP) is 7.74. The number of aromatic nitrogens is 3. The van der Waals surface area contributed by atoms with Gasteiger partial charge in [-0.15, -0.1) is 0 Å². The Labute approximate surface area is 228 Å². The molecule has 5 aromatic carbocycles. The molecule has 8 aromatic rings. The fourth-order valence-corrected chi connectivity index (χ4v) is 8.21. The Balaban J connectivity index is 1.50. The summed E-state index contributed by atoms with van der Waals surface area (Å²) in [6.07, 6.45) is 2.26. The van der Waals surface area contributed by atoms with Crippen molar-refractivity contribution in [1.29, 1.82) is 0 Å². The molecule has 0 amide bonds. The number of nitrogens with zero attached hydrogens (tertiary/aromatic N) is 3. The number of para-hydroxylation sites is 3. The maximum atomic E-state index is 6.86. The summed E-state index contributed by atoms with van der Waals surface area (Å²) in [4.78, 5) is 0. The van der Waals surface area contributed by atoms with Gasteiger partial charge in [0.1, 0.15) is 17.0 Å². The van der Waals surface area contributed by atoms with Crippen molar-refractivity contribution in [3.8, 4) is 23.0 Å². The molecule has 11 rings (SSSR count).